The van der Waals surface area contributed by atoms with Crippen LogP contribution in [0, 0.1) is 0 Å². The molecular weight excluding hydrogens is 230 g/mol. The molecule has 0 N–H and O–H groups in total. The van der Waals surface area contributed by atoms with Gasteiger partial charge in [-0.2, -0.15) is 0 Å². The minimum absolute atomic E-state index is 1.06. The van der Waals surface area contributed by atoms with Gasteiger partial charge < -0.3 is 0 Å². The summed E-state index contributed by atoms with van der Waals surface area (Å²) in [5.41, 5.74) is 2.12. The Morgan fingerprint density at radius 2 is 0.750 bits per heavy atom. The predicted molar refractivity (Wildman–Crippen MR) is 76.8 cm³/mol. The van der Waals surface area contributed by atoms with Crippen LogP contribution in [-0.4, -0.2) is 11.3 Å². The Kier molecular flexibility index (Phi) is 6.69. The zero-order valence-electron chi connectivity index (χ0n) is 10.5. The van der Waals surface area contributed by atoms with Gasteiger partial charge in [-0.3, -0.25) is 0 Å². The summed E-state index contributed by atoms with van der Waals surface area (Å²) in [6.07, 6.45) is 18.2. The lowest BCUT2D eigenvalue weighted by Gasteiger charge is -2.17. The summed E-state index contributed by atoms with van der Waals surface area (Å²) in [5, 5.41) is 0. The Morgan fingerprint density at radius 3 is 1.06 bits per heavy atom. The molecule has 2 heteroatoms. The van der Waals surface area contributed by atoms with Crippen molar-refractivity contribution in [1.29, 1.82) is 0 Å². The molecule has 92 valence electrons. The van der Waals surface area contributed by atoms with E-state index in [1.807, 2.05) is 0 Å². The third-order valence-corrected chi connectivity index (χ3v) is 8.22. The molecule has 2 rings (SSSR count). The molecule has 2 radical (unpaired) electrons. The van der Waals surface area contributed by atoms with Crippen molar-refractivity contribution in [3.05, 3.63) is 0 Å². The van der Waals surface area contributed by atoms with E-state index in [9.17, 15) is 0 Å². The van der Waals surface area contributed by atoms with Crippen molar-refractivity contribution in [1.82, 2.24) is 0 Å². The summed E-state index contributed by atoms with van der Waals surface area (Å²) in [6, 6.07) is 0. The van der Waals surface area contributed by atoms with Crippen LogP contribution in [0.5, 0.6) is 0 Å². The molecule has 0 aromatic heterocycles. The van der Waals surface area contributed by atoms with Crippen molar-refractivity contribution in [2.45, 2.75) is 88.4 Å². The molecule has 2 aliphatic carbocycles. The summed E-state index contributed by atoms with van der Waals surface area (Å²) in [5.74, 6) is 0. The molecule has 0 heterocycles. The maximum atomic E-state index is 1.79. The first-order valence-corrected chi connectivity index (χ1v) is 9.98. The average Bonchev–Trinajstić information content (AvgIpc) is 2.71. The van der Waals surface area contributed by atoms with Gasteiger partial charge in [-0.1, -0.05) is 51.4 Å². The third-order valence-electron chi connectivity index (χ3n) is 4.04. The van der Waals surface area contributed by atoms with Gasteiger partial charge in [0.15, 0.2) is 0 Å². The first-order valence-electron chi connectivity index (χ1n) is 7.35. The van der Waals surface area contributed by atoms with E-state index in [1.165, 1.54) is 77.0 Å². The molecule has 2 fully saturated rings. The van der Waals surface area contributed by atoms with Crippen LogP contribution in [0.4, 0.5) is 0 Å². The van der Waals surface area contributed by atoms with Crippen LogP contribution >= 0.6 is 16.5 Å². The van der Waals surface area contributed by atoms with Crippen molar-refractivity contribution < 1.29 is 0 Å². The monoisotopic (exact) mass is 256 g/mol. The van der Waals surface area contributed by atoms with E-state index in [0.29, 0.717) is 0 Å². The lowest BCUT2D eigenvalue weighted by molar-refractivity contribution is 0.702. The SMILES string of the molecule is C1CCCC([P][P]C2CCCCCC2)CC1. The van der Waals surface area contributed by atoms with Gasteiger partial charge in [0, 0.05) is 0 Å². The van der Waals surface area contributed by atoms with Crippen LogP contribution in [-0.2, 0) is 0 Å². The smallest absolute Gasteiger partial charge is 0.0125 e. The summed E-state index contributed by atoms with van der Waals surface area (Å²) < 4.78 is 0. The Morgan fingerprint density at radius 1 is 0.438 bits per heavy atom. The second-order valence-corrected chi connectivity index (χ2v) is 8.83. The van der Waals surface area contributed by atoms with Gasteiger partial charge in [-0.05, 0) is 53.5 Å². The molecule has 0 nitrogen and oxygen atoms in total. The van der Waals surface area contributed by atoms with Gasteiger partial charge >= 0.3 is 0 Å². The molecule has 0 amide bonds. The van der Waals surface area contributed by atoms with Crippen molar-refractivity contribution >= 4 is 16.5 Å². The highest BCUT2D eigenvalue weighted by Gasteiger charge is 2.17. The maximum Gasteiger partial charge on any atom is -0.0125 e. The molecule has 0 saturated heterocycles. The predicted octanol–water partition coefficient (Wildman–Crippen LogP) is 6.24. The first-order chi connectivity index (χ1) is 7.95. The molecule has 0 bridgehead atoms. The van der Waals surface area contributed by atoms with Crippen molar-refractivity contribution in [2.24, 2.45) is 0 Å². The van der Waals surface area contributed by atoms with E-state index in [0.717, 1.165) is 11.3 Å². The summed E-state index contributed by atoms with van der Waals surface area (Å²) in [4.78, 5) is 0. The fourth-order valence-electron chi connectivity index (χ4n) is 2.94. The topological polar surface area (TPSA) is 0 Å². The largest absolute Gasteiger partial charge is 0.0533 e. The van der Waals surface area contributed by atoms with Crippen molar-refractivity contribution in [3.8, 4) is 0 Å². The number of hydrogen-bond acceptors (Lipinski definition) is 0. The zero-order chi connectivity index (χ0) is 11.1. The second-order valence-electron chi connectivity index (χ2n) is 5.52. The van der Waals surface area contributed by atoms with Gasteiger partial charge in [0.2, 0.25) is 0 Å². The molecule has 0 aromatic carbocycles. The molecule has 0 aromatic rings. The lowest BCUT2D eigenvalue weighted by Crippen LogP contribution is -2.00. The molecular formula is C14H26P2. The van der Waals surface area contributed by atoms with E-state index >= 15 is 0 Å². The van der Waals surface area contributed by atoms with Gasteiger partial charge in [-0.25, -0.2) is 0 Å². The Bertz CT molecular complexity index is 146. The second kappa shape index (κ2) is 8.05. The minimum Gasteiger partial charge on any atom is -0.0533 e. The van der Waals surface area contributed by atoms with Crippen LogP contribution in [0.25, 0.3) is 0 Å². The highest BCUT2D eigenvalue weighted by Crippen LogP contribution is 2.51. The summed E-state index contributed by atoms with van der Waals surface area (Å²) in [7, 11) is 3.58. The van der Waals surface area contributed by atoms with Gasteiger partial charge in [0.1, 0.15) is 0 Å². The quantitative estimate of drug-likeness (QED) is 0.414. The van der Waals surface area contributed by atoms with Crippen LogP contribution in [0.1, 0.15) is 77.0 Å². The Balaban J connectivity index is 1.64. The average molecular weight is 256 g/mol. The van der Waals surface area contributed by atoms with E-state index in [2.05, 4.69) is 0 Å². The molecule has 16 heavy (non-hydrogen) atoms. The van der Waals surface area contributed by atoms with E-state index in [1.54, 1.807) is 16.5 Å². The lowest BCUT2D eigenvalue weighted by atomic mass is 10.2. The highest BCUT2D eigenvalue weighted by molar-refractivity contribution is 8.12. The normalized spacial score (nSPS) is 27.8. The van der Waals surface area contributed by atoms with Crippen LogP contribution in [0.3, 0.4) is 0 Å². The first kappa shape index (κ1) is 13.3. The Labute approximate surface area is 105 Å². The van der Waals surface area contributed by atoms with Crippen molar-refractivity contribution in [3.63, 3.8) is 0 Å². The molecule has 0 aliphatic heterocycles. The van der Waals surface area contributed by atoms with E-state index < -0.39 is 0 Å². The summed E-state index contributed by atoms with van der Waals surface area (Å²) in [6.45, 7) is 0. The van der Waals surface area contributed by atoms with Gasteiger partial charge in [-0.15, -0.1) is 0 Å². The number of hydrogen-bond donors (Lipinski definition) is 0. The molecule has 0 unspecified atom stereocenters. The maximum absolute atomic E-state index is 1.79. The van der Waals surface area contributed by atoms with Crippen LogP contribution in [0.2, 0.25) is 0 Å². The summed E-state index contributed by atoms with van der Waals surface area (Å²) >= 11 is 0. The standard InChI is InChI=1S/C14H26P2/c1-2-6-10-13(9-5-1)15-16-14-11-7-3-4-8-12-14/h13-14H,1-12H2. The van der Waals surface area contributed by atoms with Crippen LogP contribution in [0.15, 0.2) is 0 Å². The van der Waals surface area contributed by atoms with Gasteiger partial charge in [0.05, 0.1) is 0 Å². The third kappa shape index (κ3) is 5.01. The van der Waals surface area contributed by atoms with Crippen LogP contribution < -0.4 is 0 Å². The molecule has 0 atom stereocenters. The Hall–Kier alpha value is 0.860. The van der Waals surface area contributed by atoms with Crippen molar-refractivity contribution in [2.75, 3.05) is 0 Å². The number of rotatable bonds is 3. The molecule has 2 aliphatic rings. The molecule has 0 spiro atoms. The van der Waals surface area contributed by atoms with Gasteiger partial charge in [0.25, 0.3) is 0 Å². The fraction of sp³-hybridized carbons (Fsp3) is 1.00. The fourth-order valence-corrected chi connectivity index (χ4v) is 7.02. The highest BCUT2D eigenvalue weighted by atomic mass is 32.0. The molecule has 2 saturated carbocycles. The zero-order valence-corrected chi connectivity index (χ0v) is 12.3. The van der Waals surface area contributed by atoms with E-state index in [-0.39, 0.29) is 0 Å². The van der Waals surface area contributed by atoms with E-state index in [4.69, 9.17) is 0 Å². The minimum atomic E-state index is 1.06.